The lowest BCUT2D eigenvalue weighted by Crippen LogP contribution is -2.58. The lowest BCUT2D eigenvalue weighted by Gasteiger charge is -2.50. The Kier molecular flexibility index (Phi) is 5.80. The lowest BCUT2D eigenvalue weighted by molar-refractivity contribution is -0.00623. The van der Waals surface area contributed by atoms with E-state index in [2.05, 4.69) is 27.5 Å². The Morgan fingerprint density at radius 3 is 2.76 bits per heavy atom. The van der Waals surface area contributed by atoms with Crippen LogP contribution in [0.5, 0.6) is 0 Å². The normalized spacial score (nSPS) is 28.8. The second-order valence-corrected chi connectivity index (χ2v) is 9.03. The molecule has 25 heavy (non-hydrogen) atoms. The molecule has 5 nitrogen and oxygen atoms in total. The van der Waals surface area contributed by atoms with Crippen molar-refractivity contribution in [2.24, 2.45) is 11.8 Å². The van der Waals surface area contributed by atoms with Crippen molar-refractivity contribution in [2.75, 3.05) is 39.8 Å². The highest BCUT2D eigenvalue weighted by molar-refractivity contribution is 7.89. The third-order valence-electron chi connectivity index (χ3n) is 5.48. The molecule has 3 saturated heterocycles. The van der Waals surface area contributed by atoms with Gasteiger partial charge in [0.25, 0.3) is 0 Å². The number of rotatable bonds is 7. The summed E-state index contributed by atoms with van der Waals surface area (Å²) < 4.78 is 27.6. The van der Waals surface area contributed by atoms with Gasteiger partial charge in [0.1, 0.15) is 0 Å². The smallest absolute Gasteiger partial charge is 0.240 e. The van der Waals surface area contributed by atoms with E-state index >= 15 is 0 Å². The zero-order chi connectivity index (χ0) is 17.9. The predicted octanol–water partition coefficient (Wildman–Crippen LogP) is 1.24. The van der Waals surface area contributed by atoms with E-state index in [9.17, 15) is 8.42 Å². The average molecular weight is 362 g/mol. The second-order valence-electron chi connectivity index (χ2n) is 7.26. The minimum absolute atomic E-state index is 0.298. The fourth-order valence-corrected chi connectivity index (χ4v) is 5.27. The van der Waals surface area contributed by atoms with Gasteiger partial charge >= 0.3 is 0 Å². The molecule has 4 rings (SSSR count). The molecule has 1 aromatic carbocycles. The number of hydrogen-bond donors (Lipinski definition) is 1. The highest BCUT2D eigenvalue weighted by Gasteiger charge is 2.40. The van der Waals surface area contributed by atoms with Gasteiger partial charge in [-0.25, -0.2) is 13.1 Å². The Morgan fingerprint density at radius 2 is 2.12 bits per heavy atom. The van der Waals surface area contributed by atoms with E-state index in [4.69, 9.17) is 6.42 Å². The number of hydrogen-bond acceptors (Lipinski definition) is 4. The van der Waals surface area contributed by atoms with Gasteiger partial charge in [-0.2, -0.15) is 0 Å². The first kappa shape index (κ1) is 18.4. The first-order valence-electron chi connectivity index (χ1n) is 8.90. The number of nitrogens with zero attached hydrogens (tertiary/aromatic N) is 2. The zero-order valence-electron chi connectivity index (χ0n) is 14.8. The Bertz CT molecular complexity index is 714. The van der Waals surface area contributed by atoms with Crippen LogP contribution in [-0.2, 0) is 10.0 Å². The molecular formula is C19H27N3O2S. The van der Waals surface area contributed by atoms with Crippen molar-refractivity contribution >= 4 is 10.0 Å². The summed E-state index contributed by atoms with van der Waals surface area (Å²) >= 11 is 0. The molecule has 0 aromatic heterocycles. The van der Waals surface area contributed by atoms with Crippen molar-refractivity contribution in [1.82, 2.24) is 14.5 Å². The summed E-state index contributed by atoms with van der Waals surface area (Å²) in [6, 6.07) is 8.88. The van der Waals surface area contributed by atoms with Crippen LogP contribution in [0.1, 0.15) is 12.8 Å². The standard InChI is InChI=1S/C19H27N3O2S/c1-3-10-21(2)14-17-15-22-11-9-16(17)12-18(22)13-20-25(23,24)19-7-5-4-6-8-19/h1,4-8,16-18,20H,9-15H2,2H3/t16-,17-,18+/m0/s1. The van der Waals surface area contributed by atoms with E-state index in [1.807, 2.05) is 6.07 Å². The van der Waals surface area contributed by atoms with Crippen molar-refractivity contribution < 1.29 is 8.42 Å². The zero-order valence-corrected chi connectivity index (χ0v) is 15.6. The fraction of sp³-hybridized carbons (Fsp3) is 0.579. The first-order valence-corrected chi connectivity index (χ1v) is 10.4. The van der Waals surface area contributed by atoms with Crippen LogP contribution in [0.15, 0.2) is 35.2 Å². The van der Waals surface area contributed by atoms with E-state index in [1.54, 1.807) is 24.3 Å². The highest BCUT2D eigenvalue weighted by atomic mass is 32.2. The van der Waals surface area contributed by atoms with Gasteiger partial charge in [-0.15, -0.1) is 6.42 Å². The summed E-state index contributed by atoms with van der Waals surface area (Å²) in [5.41, 5.74) is 0. The molecule has 1 aromatic rings. The molecule has 1 unspecified atom stereocenters. The number of piperidine rings is 3. The van der Waals surface area contributed by atoms with Crippen LogP contribution in [0.25, 0.3) is 0 Å². The third-order valence-corrected chi connectivity index (χ3v) is 6.92. The van der Waals surface area contributed by atoms with Gasteiger partial charge in [0.2, 0.25) is 10.0 Å². The Morgan fingerprint density at radius 1 is 1.36 bits per heavy atom. The molecule has 3 aliphatic rings. The molecule has 3 aliphatic heterocycles. The molecule has 6 heteroatoms. The summed E-state index contributed by atoms with van der Waals surface area (Å²) in [6.45, 7) is 4.30. The van der Waals surface area contributed by atoms with Gasteiger partial charge in [0.15, 0.2) is 0 Å². The molecule has 3 heterocycles. The van der Waals surface area contributed by atoms with Crippen LogP contribution in [0.4, 0.5) is 0 Å². The van der Waals surface area contributed by atoms with Crippen LogP contribution in [0.3, 0.4) is 0 Å². The Labute approximate surface area is 151 Å². The SMILES string of the molecule is C#CCN(C)C[C@H]1CN2CC[C@H]1C[C@@H]2CNS(=O)(=O)c1ccccc1. The Balaban J connectivity index is 1.55. The second kappa shape index (κ2) is 7.88. The summed E-state index contributed by atoms with van der Waals surface area (Å²) in [7, 11) is -1.35. The minimum Gasteiger partial charge on any atom is -0.299 e. The maximum Gasteiger partial charge on any atom is 0.240 e. The molecule has 0 aliphatic carbocycles. The van der Waals surface area contributed by atoms with Crippen molar-refractivity contribution in [3.63, 3.8) is 0 Å². The predicted molar refractivity (Wildman–Crippen MR) is 99.5 cm³/mol. The van der Waals surface area contributed by atoms with Gasteiger partial charge in [0.05, 0.1) is 11.4 Å². The molecule has 0 amide bonds. The van der Waals surface area contributed by atoms with Gasteiger partial charge < -0.3 is 0 Å². The van der Waals surface area contributed by atoms with E-state index in [1.165, 1.54) is 6.42 Å². The summed E-state index contributed by atoms with van der Waals surface area (Å²) in [4.78, 5) is 4.99. The van der Waals surface area contributed by atoms with E-state index in [0.717, 1.165) is 26.1 Å². The maximum atomic E-state index is 12.4. The van der Waals surface area contributed by atoms with Crippen LogP contribution in [-0.4, -0.2) is 64.0 Å². The summed E-state index contributed by atoms with van der Waals surface area (Å²) in [6.07, 6.45) is 7.66. The van der Waals surface area contributed by atoms with Crippen LogP contribution < -0.4 is 4.72 Å². The number of fused-ring (bicyclic) bond motifs is 3. The molecule has 0 spiro atoms. The highest BCUT2D eigenvalue weighted by Crippen LogP contribution is 2.36. The van der Waals surface area contributed by atoms with Crippen LogP contribution in [0.2, 0.25) is 0 Å². The monoisotopic (exact) mass is 361 g/mol. The first-order chi connectivity index (χ1) is 12.0. The topological polar surface area (TPSA) is 52.6 Å². The third kappa shape index (κ3) is 4.42. The van der Waals surface area contributed by atoms with Crippen LogP contribution in [0, 0.1) is 24.2 Å². The minimum atomic E-state index is -3.42. The number of sulfonamides is 1. The Hall–Kier alpha value is -1.39. The maximum absolute atomic E-state index is 12.4. The summed E-state index contributed by atoms with van der Waals surface area (Å²) in [5.74, 6) is 3.99. The van der Waals surface area contributed by atoms with Crippen LogP contribution >= 0.6 is 0 Å². The molecule has 136 valence electrons. The van der Waals surface area contributed by atoms with Crippen molar-refractivity contribution in [3.05, 3.63) is 30.3 Å². The number of nitrogens with one attached hydrogen (secondary N) is 1. The van der Waals surface area contributed by atoms with Gasteiger partial charge in [-0.1, -0.05) is 24.1 Å². The van der Waals surface area contributed by atoms with Crippen molar-refractivity contribution in [3.8, 4) is 12.3 Å². The van der Waals surface area contributed by atoms with E-state index in [-0.39, 0.29) is 0 Å². The average Bonchev–Trinajstić information content (AvgIpc) is 2.62. The number of benzene rings is 1. The van der Waals surface area contributed by atoms with Crippen molar-refractivity contribution in [2.45, 2.75) is 23.8 Å². The van der Waals surface area contributed by atoms with Gasteiger partial charge in [0, 0.05) is 25.7 Å². The molecule has 0 radical (unpaired) electrons. The number of terminal acetylenes is 1. The molecule has 3 fully saturated rings. The van der Waals surface area contributed by atoms with Gasteiger partial charge in [-0.3, -0.25) is 9.80 Å². The molecule has 4 atom stereocenters. The van der Waals surface area contributed by atoms with E-state index < -0.39 is 10.0 Å². The van der Waals surface area contributed by atoms with E-state index in [0.29, 0.717) is 35.9 Å². The quantitative estimate of drug-likeness (QED) is 0.743. The lowest BCUT2D eigenvalue weighted by atomic mass is 9.75. The van der Waals surface area contributed by atoms with Crippen molar-refractivity contribution in [1.29, 1.82) is 0 Å². The molecule has 1 N–H and O–H groups in total. The van der Waals surface area contributed by atoms with Gasteiger partial charge in [-0.05, 0) is 50.4 Å². The molecule has 0 saturated carbocycles. The summed E-state index contributed by atoms with van der Waals surface area (Å²) in [5, 5.41) is 0. The largest absolute Gasteiger partial charge is 0.299 e. The molecule has 2 bridgehead atoms. The fourth-order valence-electron chi connectivity index (χ4n) is 4.18. The molecular weight excluding hydrogens is 334 g/mol.